The molecule has 0 spiro atoms. The number of allylic oxidation sites excluding steroid dienone is 2. The molecule has 2 atom stereocenters. The molecular formula is C36H34F6HfSi. The van der Waals surface area contributed by atoms with Gasteiger partial charge in [-0.25, -0.2) is 0 Å². The Balaban J connectivity index is 1.44. The van der Waals surface area contributed by atoms with Crippen LogP contribution in [0.3, 0.4) is 0 Å². The quantitative estimate of drug-likeness (QED) is 0.143. The molecule has 2 aliphatic carbocycles. The fraction of sp³-hybridized carbons (Fsp3) is 0.222. The Hall–Kier alpha value is -2.97. The molecule has 0 saturated carbocycles. The van der Waals surface area contributed by atoms with Gasteiger partial charge in [0.05, 0.1) is 0 Å². The van der Waals surface area contributed by atoms with Gasteiger partial charge in [0.15, 0.2) is 0 Å². The predicted octanol–water partition coefficient (Wildman–Crippen LogP) is 11.4. The van der Waals surface area contributed by atoms with Crippen molar-refractivity contribution >= 4 is 19.1 Å². The van der Waals surface area contributed by atoms with Crippen LogP contribution in [-0.2, 0) is 26.5 Å². The van der Waals surface area contributed by atoms with E-state index in [0.29, 0.717) is 0 Å². The van der Waals surface area contributed by atoms with Gasteiger partial charge in [-0.1, -0.05) is 0 Å². The molecule has 0 aliphatic heterocycles. The summed E-state index contributed by atoms with van der Waals surface area (Å²) < 4.78 is 89.5. The SMILES string of the molecule is [CH3][Hf]([CH3])([CH3])([CH3])(=[SiH2])([CH]1C=Cc2c(-c3ccc(C(F)(F)F)cc3)cccc21)[CH]1C=Cc2c(-c3ccc(C(F)(F)F)cc3)cccc21. The molecule has 0 saturated heterocycles. The fourth-order valence-electron chi connectivity index (χ4n) is 7.71. The second-order valence-electron chi connectivity index (χ2n) is 16.7. The van der Waals surface area contributed by atoms with Crippen molar-refractivity contribution in [3.05, 3.63) is 130 Å². The molecule has 4 aromatic carbocycles. The number of benzene rings is 4. The van der Waals surface area contributed by atoms with Gasteiger partial charge >= 0.3 is 251 Å². The predicted molar refractivity (Wildman–Crippen MR) is 169 cm³/mol. The summed E-state index contributed by atoms with van der Waals surface area (Å²) in [5.41, 5.74) is 6.37. The second-order valence-corrected chi connectivity index (χ2v) is 103. The van der Waals surface area contributed by atoms with E-state index in [1.807, 2.05) is 24.3 Å². The van der Waals surface area contributed by atoms with Gasteiger partial charge in [0, 0.05) is 0 Å². The van der Waals surface area contributed by atoms with Crippen molar-refractivity contribution in [1.82, 2.24) is 0 Å². The number of fused-ring (bicyclic) bond motifs is 2. The molecule has 228 valence electrons. The molecule has 0 fully saturated rings. The van der Waals surface area contributed by atoms with E-state index in [4.69, 9.17) is 0 Å². The standard InChI is InChI=1S/2C16H10F3.4CH3.Hf.H2Si/c2*17-16(18,19)13-9-7-12(8-10-13)15-6-2-4-11-3-1-5-14(11)15;;;;;;/h2*1-10H;4*1H3;;1H2. The van der Waals surface area contributed by atoms with Crippen molar-refractivity contribution in [3.8, 4) is 22.3 Å². The van der Waals surface area contributed by atoms with Gasteiger partial charge in [-0.3, -0.25) is 0 Å². The van der Waals surface area contributed by atoms with E-state index < -0.39 is 37.7 Å². The van der Waals surface area contributed by atoms with Crippen molar-refractivity contribution in [3.63, 3.8) is 0 Å². The van der Waals surface area contributed by atoms with E-state index in [9.17, 15) is 26.3 Å². The van der Waals surface area contributed by atoms with Crippen LogP contribution in [0.15, 0.2) is 97.1 Å². The number of halogens is 6. The Morgan fingerprint density at radius 2 is 0.864 bits per heavy atom. The number of rotatable bonds is 4. The molecule has 0 radical (unpaired) electrons. The van der Waals surface area contributed by atoms with E-state index in [2.05, 4.69) is 62.1 Å². The Morgan fingerprint density at radius 1 is 0.523 bits per heavy atom. The zero-order chi connectivity index (χ0) is 32.0. The average molecular weight is 787 g/mol. The summed E-state index contributed by atoms with van der Waals surface area (Å²) in [4.78, 5) is 0. The van der Waals surface area contributed by atoms with Crippen LogP contribution in [0.1, 0.15) is 40.7 Å². The molecule has 6 rings (SSSR count). The molecule has 44 heavy (non-hydrogen) atoms. The minimum absolute atomic E-state index is 0.0948. The normalized spacial score (nSPS) is 20.4. The topological polar surface area (TPSA) is 0 Å². The number of hydrogen-bond acceptors (Lipinski definition) is 0. The fourth-order valence-corrected chi connectivity index (χ4v) is 36.5. The summed E-state index contributed by atoms with van der Waals surface area (Å²) in [6, 6.07) is 22.9. The van der Waals surface area contributed by atoms with Crippen LogP contribution in [0.4, 0.5) is 26.3 Å². The van der Waals surface area contributed by atoms with Gasteiger partial charge in [0.1, 0.15) is 0 Å². The third-order valence-corrected chi connectivity index (χ3v) is 44.6. The summed E-state index contributed by atoms with van der Waals surface area (Å²) in [7, 11) is 0. The van der Waals surface area contributed by atoms with E-state index in [1.165, 1.54) is 11.1 Å². The molecule has 0 heterocycles. The molecule has 0 nitrogen and oxygen atoms in total. The Labute approximate surface area is 249 Å². The molecule has 2 unspecified atom stereocenters. The Kier molecular flexibility index (Phi) is 6.09. The number of alkyl halides is 6. The first-order chi connectivity index (χ1) is 20.1. The summed E-state index contributed by atoms with van der Waals surface area (Å²) in [6.07, 6.45) is 0.0659. The summed E-state index contributed by atoms with van der Waals surface area (Å²) in [6.45, 7) is 2.16. The molecular weight excluding hydrogens is 753 g/mol. The van der Waals surface area contributed by atoms with Gasteiger partial charge in [-0.05, 0) is 0 Å². The molecule has 0 amide bonds. The van der Waals surface area contributed by atoms with Crippen molar-refractivity contribution in [2.45, 2.75) is 38.4 Å². The first-order valence-electron chi connectivity index (χ1n) is 14.7. The average Bonchev–Trinajstić information content (AvgIpc) is 3.58. The monoisotopic (exact) mass is 788 g/mol. The van der Waals surface area contributed by atoms with Crippen LogP contribution >= 0.6 is 0 Å². The summed E-state index contributed by atoms with van der Waals surface area (Å²) in [5.74, 6) is 0. The van der Waals surface area contributed by atoms with Gasteiger partial charge in [0.2, 0.25) is 0 Å². The van der Waals surface area contributed by atoms with E-state index in [-0.39, 0.29) is 7.35 Å². The van der Waals surface area contributed by atoms with Crippen LogP contribution in [0, 0.1) is 0 Å². The van der Waals surface area contributed by atoms with E-state index in [1.54, 1.807) is 24.3 Å². The van der Waals surface area contributed by atoms with Crippen molar-refractivity contribution < 1.29 is 40.5 Å². The summed E-state index contributed by atoms with van der Waals surface area (Å²) >= 11 is -5.07. The third kappa shape index (κ3) is 4.93. The van der Waals surface area contributed by atoms with Gasteiger partial charge < -0.3 is 0 Å². The van der Waals surface area contributed by atoms with Gasteiger partial charge in [-0.2, -0.15) is 0 Å². The molecule has 2 aliphatic rings. The summed E-state index contributed by atoms with van der Waals surface area (Å²) in [5, 5.41) is 0. The van der Waals surface area contributed by atoms with E-state index >= 15 is 0 Å². The molecule has 0 N–H and O–H groups in total. The second kappa shape index (κ2) is 8.63. The van der Waals surface area contributed by atoms with Gasteiger partial charge in [-0.15, -0.1) is 0 Å². The maximum absolute atomic E-state index is 13.2. The Bertz CT molecular complexity index is 1870. The van der Waals surface area contributed by atoms with Crippen LogP contribution in [0.5, 0.6) is 0 Å². The van der Waals surface area contributed by atoms with Crippen molar-refractivity contribution in [2.24, 2.45) is 0 Å². The van der Waals surface area contributed by atoms with Crippen LogP contribution in [-0.4, -0.2) is 6.94 Å². The van der Waals surface area contributed by atoms with Crippen LogP contribution < -0.4 is 0 Å². The van der Waals surface area contributed by atoms with Crippen LogP contribution in [0.25, 0.3) is 34.4 Å². The number of hydrogen-bond donors (Lipinski definition) is 0. The molecule has 8 heteroatoms. The van der Waals surface area contributed by atoms with Crippen molar-refractivity contribution in [1.29, 1.82) is 0 Å². The first kappa shape index (κ1) is 31.0. The van der Waals surface area contributed by atoms with Gasteiger partial charge in [0.25, 0.3) is 0 Å². The van der Waals surface area contributed by atoms with E-state index in [0.717, 1.165) is 57.6 Å². The Morgan fingerprint density at radius 3 is 1.18 bits per heavy atom. The zero-order valence-corrected chi connectivity index (χ0v) is 30.0. The van der Waals surface area contributed by atoms with Crippen LogP contribution in [0.2, 0.25) is 18.7 Å². The maximum atomic E-state index is 13.2. The first-order valence-corrected chi connectivity index (χ1v) is 41.5. The molecule has 0 aromatic heterocycles. The third-order valence-electron chi connectivity index (χ3n) is 10.2. The molecule has 4 aromatic rings. The zero-order valence-electron chi connectivity index (χ0n) is 25.0. The molecule has 0 bridgehead atoms. The van der Waals surface area contributed by atoms with Crippen molar-refractivity contribution in [2.75, 3.05) is 0 Å². The minimum atomic E-state index is -5.07.